The summed E-state index contributed by atoms with van der Waals surface area (Å²) in [5, 5.41) is 1.71. The van der Waals surface area contributed by atoms with Crippen LogP contribution in [0.15, 0.2) is 30.5 Å². The third-order valence-corrected chi connectivity index (χ3v) is 2.38. The molecular formula is C10H9NOS. The molecule has 0 amide bonds. The topological polar surface area (TPSA) is 25.0 Å². The summed E-state index contributed by atoms with van der Waals surface area (Å²) >= 11 is 5.02. The molecule has 2 nitrogen and oxygen atoms in total. The van der Waals surface area contributed by atoms with Gasteiger partial charge in [-0.15, -0.1) is 0 Å². The molecule has 0 unspecified atom stereocenters. The second kappa shape index (κ2) is 3.18. The number of fused-ring (bicyclic) bond motifs is 1. The summed E-state index contributed by atoms with van der Waals surface area (Å²) in [5.41, 5.74) is 2.02. The minimum Gasteiger partial charge on any atom is -0.486 e. The lowest BCUT2D eigenvalue weighted by atomic mass is 10.2. The molecule has 0 saturated heterocycles. The molecule has 0 radical (unpaired) electrons. The molecule has 0 spiro atoms. The highest BCUT2D eigenvalue weighted by atomic mass is 32.1. The Balaban J connectivity index is 2.54. The Morgan fingerprint density at radius 3 is 3.00 bits per heavy atom. The molecule has 1 heterocycles. The number of rotatable bonds is 1. The van der Waals surface area contributed by atoms with E-state index in [1.807, 2.05) is 30.5 Å². The van der Waals surface area contributed by atoms with Crippen LogP contribution in [0.3, 0.4) is 0 Å². The highest BCUT2D eigenvalue weighted by Gasteiger charge is 2.01. The molecule has 3 heteroatoms. The first-order valence-electron chi connectivity index (χ1n) is 3.97. The van der Waals surface area contributed by atoms with Gasteiger partial charge < -0.3 is 9.72 Å². The van der Waals surface area contributed by atoms with E-state index in [9.17, 15) is 0 Å². The lowest BCUT2D eigenvalue weighted by Gasteiger charge is -2.01. The Kier molecular flexibility index (Phi) is 2.02. The van der Waals surface area contributed by atoms with Gasteiger partial charge in [0.05, 0.1) is 7.11 Å². The number of hydrogen-bond acceptors (Lipinski definition) is 2. The summed E-state index contributed by atoms with van der Waals surface area (Å²) in [6, 6.07) is 7.99. The molecule has 0 saturated carbocycles. The van der Waals surface area contributed by atoms with Crippen molar-refractivity contribution >= 4 is 28.2 Å². The predicted octanol–water partition coefficient (Wildman–Crippen LogP) is 2.49. The predicted molar refractivity (Wildman–Crippen MR) is 57.0 cm³/mol. The average Bonchev–Trinajstić information content (AvgIpc) is 2.63. The molecule has 0 fully saturated rings. The van der Waals surface area contributed by atoms with E-state index in [-0.39, 0.29) is 0 Å². The number of nitrogens with one attached hydrogen (secondary N) is 1. The lowest BCUT2D eigenvalue weighted by Crippen LogP contribution is -1.98. The van der Waals surface area contributed by atoms with Crippen LogP contribution in [0.4, 0.5) is 0 Å². The minimum absolute atomic E-state index is 0.525. The van der Waals surface area contributed by atoms with E-state index in [1.165, 1.54) is 5.39 Å². The molecule has 1 N–H and O–H groups in total. The molecule has 0 aliphatic carbocycles. The van der Waals surface area contributed by atoms with Crippen molar-refractivity contribution in [3.8, 4) is 0 Å². The van der Waals surface area contributed by atoms with E-state index < -0.39 is 0 Å². The zero-order valence-electron chi connectivity index (χ0n) is 7.20. The number of aromatic nitrogens is 1. The van der Waals surface area contributed by atoms with Crippen molar-refractivity contribution in [2.45, 2.75) is 0 Å². The van der Waals surface area contributed by atoms with Gasteiger partial charge in [-0.3, -0.25) is 0 Å². The zero-order chi connectivity index (χ0) is 9.26. The molecule has 0 aliphatic heterocycles. The van der Waals surface area contributed by atoms with E-state index in [1.54, 1.807) is 7.11 Å². The van der Waals surface area contributed by atoms with Crippen LogP contribution in [0.25, 0.3) is 10.9 Å². The van der Waals surface area contributed by atoms with Gasteiger partial charge in [0.2, 0.25) is 0 Å². The largest absolute Gasteiger partial charge is 0.486 e. The Bertz CT molecular complexity index is 447. The van der Waals surface area contributed by atoms with Gasteiger partial charge in [-0.2, -0.15) is 0 Å². The molecule has 13 heavy (non-hydrogen) atoms. The van der Waals surface area contributed by atoms with Gasteiger partial charge in [0.15, 0.2) is 5.05 Å². The van der Waals surface area contributed by atoms with Gasteiger partial charge in [0.1, 0.15) is 0 Å². The summed E-state index contributed by atoms with van der Waals surface area (Å²) in [6.07, 6.45) is 1.91. The molecule has 0 atom stereocenters. The molecule has 66 valence electrons. The Hall–Kier alpha value is -1.35. The van der Waals surface area contributed by atoms with E-state index in [0.717, 1.165) is 11.1 Å². The van der Waals surface area contributed by atoms with Crippen LogP contribution in [0.2, 0.25) is 0 Å². The second-order valence-electron chi connectivity index (χ2n) is 2.77. The maximum atomic E-state index is 5.02. The van der Waals surface area contributed by atoms with Gasteiger partial charge in [-0.05, 0) is 35.8 Å². The van der Waals surface area contributed by atoms with Crippen LogP contribution < -0.4 is 0 Å². The highest BCUT2D eigenvalue weighted by Crippen LogP contribution is 2.14. The molecule has 2 rings (SSSR count). The van der Waals surface area contributed by atoms with E-state index in [0.29, 0.717) is 5.05 Å². The fraction of sp³-hybridized carbons (Fsp3) is 0.100. The number of thiocarbonyl (C=S) groups is 1. The molecule has 0 bridgehead atoms. The lowest BCUT2D eigenvalue weighted by molar-refractivity contribution is 0.416. The molecule has 0 aliphatic rings. The van der Waals surface area contributed by atoms with Crippen molar-refractivity contribution < 1.29 is 4.74 Å². The third kappa shape index (κ3) is 1.42. The van der Waals surface area contributed by atoms with Crippen LogP contribution >= 0.6 is 12.2 Å². The highest BCUT2D eigenvalue weighted by molar-refractivity contribution is 7.80. The van der Waals surface area contributed by atoms with Crippen molar-refractivity contribution in [3.05, 3.63) is 36.0 Å². The van der Waals surface area contributed by atoms with Crippen molar-refractivity contribution in [1.29, 1.82) is 0 Å². The van der Waals surface area contributed by atoms with Crippen LogP contribution in [0.5, 0.6) is 0 Å². The third-order valence-electron chi connectivity index (χ3n) is 1.98. The van der Waals surface area contributed by atoms with E-state index in [2.05, 4.69) is 4.98 Å². The first-order chi connectivity index (χ1) is 6.31. The van der Waals surface area contributed by atoms with Gasteiger partial charge in [0.25, 0.3) is 0 Å². The number of ether oxygens (including phenoxy) is 1. The maximum Gasteiger partial charge on any atom is 0.190 e. The van der Waals surface area contributed by atoms with Gasteiger partial charge in [-0.1, -0.05) is 6.07 Å². The summed E-state index contributed by atoms with van der Waals surface area (Å²) in [5.74, 6) is 0. The van der Waals surface area contributed by atoms with Crippen LogP contribution in [0, 0.1) is 0 Å². The first-order valence-corrected chi connectivity index (χ1v) is 4.37. The van der Waals surface area contributed by atoms with Gasteiger partial charge in [0, 0.05) is 17.3 Å². The van der Waals surface area contributed by atoms with Crippen LogP contribution in [-0.4, -0.2) is 17.1 Å². The average molecular weight is 191 g/mol. The van der Waals surface area contributed by atoms with E-state index >= 15 is 0 Å². The number of aromatic amines is 1. The van der Waals surface area contributed by atoms with Crippen molar-refractivity contribution in [2.75, 3.05) is 7.11 Å². The first kappa shape index (κ1) is 8.26. The Morgan fingerprint density at radius 1 is 1.38 bits per heavy atom. The standard InChI is InChI=1S/C10H9NOS/c1-12-10(13)8-3-2-7-4-5-11-9(7)6-8/h2-6,11H,1H3. The number of methoxy groups -OCH3 is 1. The van der Waals surface area contributed by atoms with Crippen molar-refractivity contribution in [3.63, 3.8) is 0 Å². The molecule has 1 aromatic carbocycles. The number of benzene rings is 1. The second-order valence-corrected chi connectivity index (χ2v) is 3.14. The van der Waals surface area contributed by atoms with Crippen molar-refractivity contribution in [2.24, 2.45) is 0 Å². The Morgan fingerprint density at radius 2 is 2.23 bits per heavy atom. The SMILES string of the molecule is COC(=S)c1ccc2cc[nH]c2c1. The summed E-state index contributed by atoms with van der Waals surface area (Å²) in [6.45, 7) is 0. The smallest absolute Gasteiger partial charge is 0.190 e. The van der Waals surface area contributed by atoms with Crippen LogP contribution in [-0.2, 0) is 4.74 Å². The van der Waals surface area contributed by atoms with Crippen molar-refractivity contribution in [1.82, 2.24) is 4.98 Å². The summed E-state index contributed by atoms with van der Waals surface area (Å²) in [7, 11) is 1.58. The number of hydrogen-bond donors (Lipinski definition) is 1. The minimum atomic E-state index is 0.525. The Labute approximate surface area is 81.5 Å². The fourth-order valence-corrected chi connectivity index (χ4v) is 1.42. The summed E-state index contributed by atoms with van der Waals surface area (Å²) < 4.78 is 4.98. The molecular weight excluding hydrogens is 182 g/mol. The monoisotopic (exact) mass is 191 g/mol. The summed E-state index contributed by atoms with van der Waals surface area (Å²) in [4.78, 5) is 3.12. The fourth-order valence-electron chi connectivity index (χ4n) is 1.29. The van der Waals surface area contributed by atoms with Crippen LogP contribution in [0.1, 0.15) is 5.56 Å². The normalized spacial score (nSPS) is 10.2. The van der Waals surface area contributed by atoms with Gasteiger partial charge in [-0.25, -0.2) is 0 Å². The quantitative estimate of drug-likeness (QED) is 0.700. The molecule has 2 aromatic rings. The number of H-pyrrole nitrogens is 1. The zero-order valence-corrected chi connectivity index (χ0v) is 8.02. The maximum absolute atomic E-state index is 5.02. The molecule has 1 aromatic heterocycles. The van der Waals surface area contributed by atoms with Gasteiger partial charge >= 0.3 is 0 Å². The van der Waals surface area contributed by atoms with E-state index in [4.69, 9.17) is 17.0 Å².